The van der Waals surface area contributed by atoms with E-state index in [1.54, 1.807) is 14.0 Å². The van der Waals surface area contributed by atoms with E-state index in [0.29, 0.717) is 5.75 Å². The Morgan fingerprint density at radius 1 is 1.69 bits per heavy atom. The summed E-state index contributed by atoms with van der Waals surface area (Å²) in [6.07, 6.45) is 0. The predicted molar refractivity (Wildman–Crippen MR) is 54.1 cm³/mol. The van der Waals surface area contributed by atoms with Gasteiger partial charge in [0.15, 0.2) is 0 Å². The maximum absolute atomic E-state index is 10.8. The SMILES string of the molecule is CNC(C)(CSC(C)CO)C(=O)O. The summed E-state index contributed by atoms with van der Waals surface area (Å²) < 4.78 is 0. The van der Waals surface area contributed by atoms with E-state index in [9.17, 15) is 4.79 Å². The van der Waals surface area contributed by atoms with E-state index in [1.165, 1.54) is 11.8 Å². The van der Waals surface area contributed by atoms with Crippen LogP contribution in [0.3, 0.4) is 0 Å². The van der Waals surface area contributed by atoms with Gasteiger partial charge in [0.2, 0.25) is 0 Å². The van der Waals surface area contributed by atoms with Crippen molar-refractivity contribution in [1.82, 2.24) is 5.32 Å². The number of likely N-dealkylation sites (N-methyl/N-ethyl adjacent to an activating group) is 1. The molecule has 0 radical (unpaired) electrons. The summed E-state index contributed by atoms with van der Waals surface area (Å²) in [4.78, 5) is 10.8. The number of thioether (sulfide) groups is 1. The number of aliphatic carboxylic acids is 1. The quantitative estimate of drug-likeness (QED) is 0.579. The molecule has 0 aliphatic rings. The maximum atomic E-state index is 10.8. The lowest BCUT2D eigenvalue weighted by Crippen LogP contribution is -2.50. The van der Waals surface area contributed by atoms with Crippen molar-refractivity contribution in [1.29, 1.82) is 0 Å². The van der Waals surface area contributed by atoms with Crippen LogP contribution >= 0.6 is 11.8 Å². The molecule has 78 valence electrons. The molecule has 0 rings (SSSR count). The Bertz CT molecular complexity index is 177. The van der Waals surface area contributed by atoms with Crippen molar-refractivity contribution in [3.05, 3.63) is 0 Å². The average Bonchev–Trinajstić information content (AvgIpc) is 2.13. The Labute approximate surface area is 82.7 Å². The third-order valence-electron chi connectivity index (χ3n) is 1.94. The zero-order chi connectivity index (χ0) is 10.5. The monoisotopic (exact) mass is 207 g/mol. The molecule has 0 heterocycles. The molecule has 0 aromatic carbocycles. The number of hydrogen-bond donors (Lipinski definition) is 3. The highest BCUT2D eigenvalue weighted by molar-refractivity contribution is 8.00. The van der Waals surface area contributed by atoms with Crippen LogP contribution in [0.25, 0.3) is 0 Å². The van der Waals surface area contributed by atoms with Crippen LogP contribution in [-0.4, -0.2) is 46.4 Å². The first-order chi connectivity index (χ1) is 5.96. The van der Waals surface area contributed by atoms with Gasteiger partial charge in [0, 0.05) is 11.0 Å². The van der Waals surface area contributed by atoms with Crippen molar-refractivity contribution in [2.75, 3.05) is 19.4 Å². The molecule has 0 amide bonds. The summed E-state index contributed by atoms with van der Waals surface area (Å²) in [5, 5.41) is 20.5. The van der Waals surface area contributed by atoms with Crippen molar-refractivity contribution in [3.8, 4) is 0 Å². The molecule has 0 saturated carbocycles. The molecule has 2 atom stereocenters. The van der Waals surface area contributed by atoms with Crippen LogP contribution in [0.15, 0.2) is 0 Å². The maximum Gasteiger partial charge on any atom is 0.324 e. The van der Waals surface area contributed by atoms with Crippen molar-refractivity contribution < 1.29 is 15.0 Å². The van der Waals surface area contributed by atoms with E-state index in [1.807, 2.05) is 6.92 Å². The zero-order valence-electron chi connectivity index (χ0n) is 8.20. The Morgan fingerprint density at radius 3 is 2.54 bits per heavy atom. The first kappa shape index (κ1) is 12.7. The van der Waals surface area contributed by atoms with Gasteiger partial charge in [0.05, 0.1) is 6.61 Å². The van der Waals surface area contributed by atoms with Gasteiger partial charge in [-0.3, -0.25) is 4.79 Å². The predicted octanol–water partition coefficient (Wildman–Crippen LogP) is 0.163. The average molecular weight is 207 g/mol. The fourth-order valence-electron chi connectivity index (χ4n) is 0.602. The smallest absolute Gasteiger partial charge is 0.324 e. The Balaban J connectivity index is 4.05. The van der Waals surface area contributed by atoms with Crippen molar-refractivity contribution in [2.45, 2.75) is 24.6 Å². The van der Waals surface area contributed by atoms with E-state index in [-0.39, 0.29) is 11.9 Å². The lowest BCUT2D eigenvalue weighted by Gasteiger charge is -2.24. The third-order valence-corrected chi connectivity index (χ3v) is 3.40. The summed E-state index contributed by atoms with van der Waals surface area (Å²) in [5.74, 6) is -0.423. The topological polar surface area (TPSA) is 69.6 Å². The molecule has 0 aromatic rings. The first-order valence-corrected chi connectivity index (χ1v) is 5.16. The van der Waals surface area contributed by atoms with Gasteiger partial charge in [-0.2, -0.15) is 11.8 Å². The third kappa shape index (κ3) is 3.97. The minimum atomic E-state index is -0.909. The lowest BCUT2D eigenvalue weighted by molar-refractivity contribution is -0.142. The molecular formula is C8H17NO3S. The van der Waals surface area contributed by atoms with E-state index in [4.69, 9.17) is 10.2 Å². The summed E-state index contributed by atoms with van der Waals surface area (Å²) in [7, 11) is 1.62. The van der Waals surface area contributed by atoms with Gasteiger partial charge in [-0.25, -0.2) is 0 Å². The number of rotatable bonds is 6. The number of carboxylic acid groups (broad SMARTS) is 1. The summed E-state index contributed by atoms with van der Waals surface area (Å²) >= 11 is 1.44. The van der Waals surface area contributed by atoms with Gasteiger partial charge in [0.25, 0.3) is 0 Å². The molecule has 0 aliphatic carbocycles. The van der Waals surface area contributed by atoms with E-state index in [0.717, 1.165) is 0 Å². The molecule has 0 bridgehead atoms. The number of nitrogens with one attached hydrogen (secondary N) is 1. The molecule has 3 N–H and O–H groups in total. The summed E-state index contributed by atoms with van der Waals surface area (Å²) in [5.41, 5.74) is -0.909. The highest BCUT2D eigenvalue weighted by Gasteiger charge is 2.31. The lowest BCUT2D eigenvalue weighted by atomic mass is 10.1. The fourth-order valence-corrected chi connectivity index (χ4v) is 1.59. The molecule has 13 heavy (non-hydrogen) atoms. The molecule has 0 spiro atoms. The van der Waals surface area contributed by atoms with Gasteiger partial charge < -0.3 is 15.5 Å². The largest absolute Gasteiger partial charge is 0.480 e. The summed E-state index contributed by atoms with van der Waals surface area (Å²) in [6, 6.07) is 0. The number of aliphatic hydroxyl groups is 1. The molecule has 4 nitrogen and oxygen atoms in total. The minimum absolute atomic E-state index is 0.0735. The van der Waals surface area contributed by atoms with Gasteiger partial charge in [-0.15, -0.1) is 0 Å². The van der Waals surface area contributed by atoms with Gasteiger partial charge in [0.1, 0.15) is 5.54 Å². The number of carboxylic acids is 1. The Hall–Kier alpha value is -0.260. The van der Waals surface area contributed by atoms with Gasteiger partial charge in [-0.05, 0) is 14.0 Å². The standard InChI is InChI=1S/C8H17NO3S/c1-6(4-10)13-5-8(2,9-3)7(11)12/h6,9-10H,4-5H2,1-3H3,(H,11,12). The second kappa shape index (κ2) is 5.47. The number of aliphatic hydroxyl groups excluding tert-OH is 1. The van der Waals surface area contributed by atoms with Crippen molar-refractivity contribution >= 4 is 17.7 Å². The zero-order valence-corrected chi connectivity index (χ0v) is 9.02. The molecule has 2 unspecified atom stereocenters. The Kier molecular flexibility index (Phi) is 5.36. The second-order valence-corrected chi connectivity index (χ2v) is 4.62. The van der Waals surface area contributed by atoms with Crippen LogP contribution in [-0.2, 0) is 4.79 Å². The van der Waals surface area contributed by atoms with Crippen LogP contribution in [0.1, 0.15) is 13.8 Å². The summed E-state index contributed by atoms with van der Waals surface area (Å²) in [6.45, 7) is 3.57. The first-order valence-electron chi connectivity index (χ1n) is 4.11. The molecular weight excluding hydrogens is 190 g/mol. The van der Waals surface area contributed by atoms with Crippen LogP contribution in [0, 0.1) is 0 Å². The van der Waals surface area contributed by atoms with Crippen LogP contribution in [0.2, 0.25) is 0 Å². The van der Waals surface area contributed by atoms with Crippen LogP contribution in [0.5, 0.6) is 0 Å². The highest BCUT2D eigenvalue weighted by Crippen LogP contribution is 2.17. The van der Waals surface area contributed by atoms with Crippen LogP contribution in [0.4, 0.5) is 0 Å². The Morgan fingerprint density at radius 2 is 2.23 bits per heavy atom. The molecule has 0 fully saturated rings. The fraction of sp³-hybridized carbons (Fsp3) is 0.875. The van der Waals surface area contributed by atoms with Crippen molar-refractivity contribution in [2.24, 2.45) is 0 Å². The molecule has 0 aromatic heterocycles. The minimum Gasteiger partial charge on any atom is -0.480 e. The van der Waals surface area contributed by atoms with Gasteiger partial charge >= 0.3 is 5.97 Å². The molecule has 0 aliphatic heterocycles. The second-order valence-electron chi connectivity index (χ2n) is 3.19. The van der Waals surface area contributed by atoms with Crippen molar-refractivity contribution in [3.63, 3.8) is 0 Å². The van der Waals surface area contributed by atoms with E-state index < -0.39 is 11.5 Å². The highest BCUT2D eigenvalue weighted by atomic mass is 32.2. The van der Waals surface area contributed by atoms with Gasteiger partial charge in [-0.1, -0.05) is 6.92 Å². The van der Waals surface area contributed by atoms with E-state index >= 15 is 0 Å². The molecule has 0 saturated heterocycles. The number of hydrogen-bond acceptors (Lipinski definition) is 4. The number of carbonyl (C=O) groups is 1. The van der Waals surface area contributed by atoms with E-state index in [2.05, 4.69) is 5.32 Å². The van der Waals surface area contributed by atoms with Crippen LogP contribution < -0.4 is 5.32 Å². The normalized spacial score (nSPS) is 17.8. The molecule has 5 heteroatoms.